The molecule has 0 amide bonds. The lowest BCUT2D eigenvalue weighted by molar-refractivity contribution is 0.700. The van der Waals surface area contributed by atoms with Gasteiger partial charge in [0.15, 0.2) is 0 Å². The third kappa shape index (κ3) is 2.51. The van der Waals surface area contributed by atoms with Gasteiger partial charge in [-0.2, -0.15) is 0 Å². The molecule has 2 heterocycles. The summed E-state index contributed by atoms with van der Waals surface area (Å²) in [4.78, 5) is 5.62. The summed E-state index contributed by atoms with van der Waals surface area (Å²) in [5.41, 5.74) is 2.24. The van der Waals surface area contributed by atoms with Crippen LogP contribution in [0.25, 0.3) is 0 Å². The largest absolute Gasteiger partial charge is 0.309 e. The summed E-state index contributed by atoms with van der Waals surface area (Å²) in [5, 5.41) is 3.32. The number of aryl methyl sites for hydroxylation is 1. The van der Waals surface area contributed by atoms with Gasteiger partial charge in [0.25, 0.3) is 0 Å². The Balaban J connectivity index is 2.32. The molecule has 0 fully saturated rings. The lowest BCUT2D eigenvalue weighted by Gasteiger charge is -2.14. The van der Waals surface area contributed by atoms with Gasteiger partial charge in [0, 0.05) is 16.8 Å². The van der Waals surface area contributed by atoms with E-state index in [2.05, 4.69) is 44.4 Å². The number of nitrogens with zero attached hydrogens (tertiary/aromatic N) is 1. The van der Waals surface area contributed by atoms with E-state index in [1.165, 1.54) is 10.4 Å². The highest BCUT2D eigenvalue weighted by Crippen LogP contribution is 2.30. The molecule has 0 aliphatic heterocycles. The molecule has 4 heteroatoms. The second kappa shape index (κ2) is 5.08. The maximum atomic E-state index is 4.33. The zero-order chi connectivity index (χ0) is 11.5. The Morgan fingerprint density at radius 3 is 2.62 bits per heavy atom. The summed E-state index contributed by atoms with van der Waals surface area (Å²) in [5.74, 6) is 0. The molecule has 0 spiro atoms. The van der Waals surface area contributed by atoms with Crippen molar-refractivity contribution in [2.24, 2.45) is 0 Å². The van der Waals surface area contributed by atoms with Gasteiger partial charge >= 0.3 is 0 Å². The van der Waals surface area contributed by atoms with Crippen molar-refractivity contribution < 1.29 is 0 Å². The first-order valence-electron chi connectivity index (χ1n) is 5.06. The Bertz CT molecular complexity index is 464. The molecule has 2 aromatic rings. The van der Waals surface area contributed by atoms with Crippen LogP contribution in [0, 0.1) is 6.92 Å². The quantitative estimate of drug-likeness (QED) is 0.937. The number of pyridine rings is 1. The Kier molecular flexibility index (Phi) is 3.74. The number of nitrogens with one attached hydrogen (secondary N) is 1. The fourth-order valence-electron chi connectivity index (χ4n) is 1.61. The number of rotatable bonds is 3. The van der Waals surface area contributed by atoms with Gasteiger partial charge in [-0.15, -0.1) is 11.3 Å². The van der Waals surface area contributed by atoms with Gasteiger partial charge in [0.2, 0.25) is 0 Å². The van der Waals surface area contributed by atoms with Crippen molar-refractivity contribution in [1.29, 1.82) is 0 Å². The molecule has 1 N–H and O–H groups in total. The fraction of sp³-hybridized carbons (Fsp3) is 0.250. The number of thiophene rings is 1. The minimum atomic E-state index is 0.226. The first-order valence-corrected chi connectivity index (χ1v) is 6.66. The van der Waals surface area contributed by atoms with Gasteiger partial charge in [-0.25, -0.2) is 0 Å². The van der Waals surface area contributed by atoms with Crippen molar-refractivity contribution in [3.8, 4) is 0 Å². The van der Waals surface area contributed by atoms with Gasteiger partial charge in [-0.3, -0.25) is 4.98 Å². The highest BCUT2D eigenvalue weighted by molar-refractivity contribution is 9.11. The molecule has 84 valence electrons. The van der Waals surface area contributed by atoms with E-state index in [0.29, 0.717) is 0 Å². The highest BCUT2D eigenvalue weighted by atomic mass is 79.9. The highest BCUT2D eigenvalue weighted by Gasteiger charge is 2.13. The zero-order valence-electron chi connectivity index (χ0n) is 9.20. The van der Waals surface area contributed by atoms with Crippen LogP contribution in [0.1, 0.15) is 22.2 Å². The Morgan fingerprint density at radius 2 is 2.12 bits per heavy atom. The molecular weight excluding hydrogens is 284 g/mol. The number of hydrogen-bond acceptors (Lipinski definition) is 3. The van der Waals surface area contributed by atoms with E-state index in [9.17, 15) is 0 Å². The molecule has 2 nitrogen and oxygen atoms in total. The molecule has 0 aromatic carbocycles. The molecule has 0 radical (unpaired) electrons. The Labute approximate surface area is 108 Å². The standard InChI is InChI=1S/C12H13BrN2S/c1-8-3-4-9(7-15-8)12(14-2)10-5-6-11(13)16-10/h3-7,12,14H,1-2H3. The fourth-order valence-corrected chi connectivity index (χ4v) is 3.17. The van der Waals surface area contributed by atoms with Gasteiger partial charge in [0.1, 0.15) is 0 Å². The van der Waals surface area contributed by atoms with Crippen LogP contribution in [0.5, 0.6) is 0 Å². The lowest BCUT2D eigenvalue weighted by Crippen LogP contribution is -2.16. The van der Waals surface area contributed by atoms with Crippen molar-refractivity contribution in [2.75, 3.05) is 7.05 Å². The molecule has 0 saturated carbocycles. The van der Waals surface area contributed by atoms with Crippen LogP contribution in [0.2, 0.25) is 0 Å². The third-order valence-electron chi connectivity index (χ3n) is 2.43. The molecule has 0 aliphatic rings. The maximum absolute atomic E-state index is 4.33. The van der Waals surface area contributed by atoms with Crippen LogP contribution < -0.4 is 5.32 Å². The van der Waals surface area contributed by atoms with E-state index < -0.39 is 0 Å². The van der Waals surface area contributed by atoms with Crippen molar-refractivity contribution in [3.05, 3.63) is 50.4 Å². The number of aromatic nitrogens is 1. The normalized spacial score (nSPS) is 12.7. The lowest BCUT2D eigenvalue weighted by atomic mass is 10.1. The predicted octanol–water partition coefficient (Wildman–Crippen LogP) is 3.52. The van der Waals surface area contributed by atoms with Gasteiger partial charge in [0.05, 0.1) is 9.83 Å². The van der Waals surface area contributed by atoms with E-state index in [0.717, 1.165) is 9.48 Å². The van der Waals surface area contributed by atoms with Crippen molar-refractivity contribution in [3.63, 3.8) is 0 Å². The van der Waals surface area contributed by atoms with Crippen LogP contribution in [-0.2, 0) is 0 Å². The molecule has 0 saturated heterocycles. The SMILES string of the molecule is CNC(c1ccc(C)nc1)c1ccc(Br)s1. The number of hydrogen-bond donors (Lipinski definition) is 1. The minimum Gasteiger partial charge on any atom is -0.309 e. The van der Waals surface area contributed by atoms with E-state index in [1.807, 2.05) is 26.2 Å². The zero-order valence-corrected chi connectivity index (χ0v) is 11.6. The topological polar surface area (TPSA) is 24.9 Å². The first kappa shape index (κ1) is 11.8. The molecule has 16 heavy (non-hydrogen) atoms. The third-order valence-corrected chi connectivity index (χ3v) is 4.12. The summed E-state index contributed by atoms with van der Waals surface area (Å²) >= 11 is 5.23. The molecule has 2 rings (SSSR count). The second-order valence-corrected chi connectivity index (χ2v) is 6.09. The summed E-state index contributed by atoms with van der Waals surface area (Å²) < 4.78 is 1.16. The maximum Gasteiger partial charge on any atom is 0.0702 e. The summed E-state index contributed by atoms with van der Waals surface area (Å²) in [6.07, 6.45) is 1.93. The molecule has 1 unspecified atom stereocenters. The Hall–Kier alpha value is -0.710. The molecule has 0 aliphatic carbocycles. The van der Waals surface area contributed by atoms with Gasteiger partial charge < -0.3 is 5.32 Å². The Morgan fingerprint density at radius 1 is 1.31 bits per heavy atom. The molecule has 2 aromatic heterocycles. The van der Waals surface area contributed by atoms with Crippen molar-refractivity contribution in [2.45, 2.75) is 13.0 Å². The summed E-state index contributed by atoms with van der Waals surface area (Å²) in [6, 6.07) is 8.60. The van der Waals surface area contributed by atoms with Crippen LogP contribution in [0.3, 0.4) is 0 Å². The second-order valence-electron chi connectivity index (χ2n) is 3.60. The molecule has 0 bridgehead atoms. The minimum absolute atomic E-state index is 0.226. The summed E-state index contributed by atoms with van der Waals surface area (Å²) in [7, 11) is 1.97. The van der Waals surface area contributed by atoms with Crippen LogP contribution >= 0.6 is 27.3 Å². The molecular formula is C12H13BrN2S. The van der Waals surface area contributed by atoms with E-state index in [-0.39, 0.29) is 6.04 Å². The average Bonchev–Trinajstić information content (AvgIpc) is 2.69. The first-order chi connectivity index (χ1) is 7.70. The average molecular weight is 297 g/mol. The van der Waals surface area contributed by atoms with Crippen molar-refractivity contribution >= 4 is 27.3 Å². The monoisotopic (exact) mass is 296 g/mol. The number of halogens is 1. The summed E-state index contributed by atoms with van der Waals surface area (Å²) in [6.45, 7) is 2.00. The van der Waals surface area contributed by atoms with Crippen LogP contribution in [0.15, 0.2) is 34.2 Å². The molecule has 1 atom stereocenters. The van der Waals surface area contributed by atoms with Crippen molar-refractivity contribution in [1.82, 2.24) is 10.3 Å². The van der Waals surface area contributed by atoms with E-state index in [4.69, 9.17) is 0 Å². The van der Waals surface area contributed by atoms with Crippen LogP contribution in [-0.4, -0.2) is 12.0 Å². The smallest absolute Gasteiger partial charge is 0.0702 e. The van der Waals surface area contributed by atoms with E-state index >= 15 is 0 Å². The van der Waals surface area contributed by atoms with Crippen LogP contribution in [0.4, 0.5) is 0 Å². The van der Waals surface area contributed by atoms with Gasteiger partial charge in [-0.05, 0) is 53.7 Å². The van der Waals surface area contributed by atoms with E-state index in [1.54, 1.807) is 11.3 Å². The predicted molar refractivity (Wildman–Crippen MR) is 71.9 cm³/mol. The van der Waals surface area contributed by atoms with Gasteiger partial charge in [-0.1, -0.05) is 6.07 Å².